The van der Waals surface area contributed by atoms with Crippen molar-refractivity contribution >= 4 is 24.0 Å². The van der Waals surface area contributed by atoms with Gasteiger partial charge in [0.25, 0.3) is 0 Å². The Balaban J connectivity index is 0.00000162. The maximum atomic E-state index is 5.82. The van der Waals surface area contributed by atoms with Gasteiger partial charge in [0, 0.05) is 12.7 Å². The average molecular weight is 287 g/mol. The average Bonchev–Trinajstić information content (AvgIpc) is 2.84. The maximum Gasteiger partial charge on any atom is 0.118 e. The van der Waals surface area contributed by atoms with Crippen LogP contribution < -0.4 is 4.74 Å². The number of aromatic nitrogens is 2. The number of aryl methyl sites for hydroxylation is 2. The monoisotopic (exact) mass is 286 g/mol. The third-order valence-corrected chi connectivity index (χ3v) is 3.01. The van der Waals surface area contributed by atoms with Gasteiger partial charge in [0.05, 0.1) is 25.0 Å². The molecule has 5 heteroatoms. The Labute approximate surface area is 118 Å². The van der Waals surface area contributed by atoms with E-state index in [0.29, 0.717) is 5.88 Å². The standard InChI is InChI=1S/C13H15ClN2O.ClH/c1-17-13-4-2-11(3-5-13)6-7-16-10-15-9-12(16)8-14;/h2-5,9-10H,6-8H2,1H3;1H. The topological polar surface area (TPSA) is 27.1 Å². The van der Waals surface area contributed by atoms with Gasteiger partial charge in [0.1, 0.15) is 5.75 Å². The van der Waals surface area contributed by atoms with Crippen LogP contribution in [-0.4, -0.2) is 16.7 Å². The highest BCUT2D eigenvalue weighted by Crippen LogP contribution is 2.13. The molecule has 2 aromatic rings. The molecule has 0 saturated heterocycles. The van der Waals surface area contributed by atoms with Gasteiger partial charge in [-0.2, -0.15) is 0 Å². The number of ether oxygens (including phenoxy) is 1. The quantitative estimate of drug-likeness (QED) is 0.789. The van der Waals surface area contributed by atoms with Crippen LogP contribution in [0, 0.1) is 0 Å². The first-order valence-corrected chi connectivity index (χ1v) is 6.05. The number of benzene rings is 1. The molecule has 0 aliphatic heterocycles. The minimum Gasteiger partial charge on any atom is -0.497 e. The Hall–Kier alpha value is -1.19. The van der Waals surface area contributed by atoms with Crippen LogP contribution in [0.2, 0.25) is 0 Å². The molecule has 0 bridgehead atoms. The second-order valence-electron chi connectivity index (χ2n) is 3.81. The lowest BCUT2D eigenvalue weighted by Crippen LogP contribution is -2.03. The van der Waals surface area contributed by atoms with Crippen molar-refractivity contribution in [2.24, 2.45) is 0 Å². The molecule has 0 aliphatic carbocycles. The van der Waals surface area contributed by atoms with Gasteiger partial charge in [-0.1, -0.05) is 12.1 Å². The first-order valence-electron chi connectivity index (χ1n) is 5.51. The predicted octanol–water partition coefficient (Wildman–Crippen LogP) is 3.30. The van der Waals surface area contributed by atoms with Crippen LogP contribution in [-0.2, 0) is 18.8 Å². The Bertz CT molecular complexity index is 468. The maximum absolute atomic E-state index is 5.82. The lowest BCUT2D eigenvalue weighted by molar-refractivity contribution is 0.414. The summed E-state index contributed by atoms with van der Waals surface area (Å²) in [5.41, 5.74) is 2.33. The highest BCUT2D eigenvalue weighted by molar-refractivity contribution is 6.16. The highest BCUT2D eigenvalue weighted by atomic mass is 35.5. The zero-order chi connectivity index (χ0) is 12.1. The zero-order valence-electron chi connectivity index (χ0n) is 10.2. The molecule has 1 aromatic carbocycles. The van der Waals surface area contributed by atoms with Gasteiger partial charge >= 0.3 is 0 Å². The molecule has 0 saturated carbocycles. The van der Waals surface area contributed by atoms with Gasteiger partial charge < -0.3 is 9.30 Å². The van der Waals surface area contributed by atoms with Gasteiger partial charge in [-0.05, 0) is 24.1 Å². The molecule has 1 heterocycles. The van der Waals surface area contributed by atoms with E-state index in [1.54, 1.807) is 13.3 Å². The van der Waals surface area contributed by atoms with E-state index < -0.39 is 0 Å². The molecule has 0 atom stereocenters. The first-order chi connectivity index (χ1) is 8.33. The molecule has 0 spiro atoms. The number of rotatable bonds is 5. The van der Waals surface area contributed by atoms with Gasteiger partial charge in [-0.25, -0.2) is 4.98 Å². The Morgan fingerprint density at radius 1 is 1.28 bits per heavy atom. The zero-order valence-corrected chi connectivity index (χ0v) is 11.7. The highest BCUT2D eigenvalue weighted by Gasteiger charge is 2.01. The van der Waals surface area contributed by atoms with Gasteiger partial charge in [-0.3, -0.25) is 0 Å². The molecule has 0 radical (unpaired) electrons. The van der Waals surface area contributed by atoms with Crippen molar-refractivity contribution in [3.8, 4) is 5.75 Å². The minimum absolute atomic E-state index is 0. The van der Waals surface area contributed by atoms with Crippen LogP contribution in [0.15, 0.2) is 36.8 Å². The predicted molar refractivity (Wildman–Crippen MR) is 75.7 cm³/mol. The van der Waals surface area contributed by atoms with Crippen LogP contribution in [0.4, 0.5) is 0 Å². The van der Waals surface area contributed by atoms with Crippen LogP contribution in [0.5, 0.6) is 5.75 Å². The third kappa shape index (κ3) is 3.65. The fourth-order valence-electron chi connectivity index (χ4n) is 1.70. The summed E-state index contributed by atoms with van der Waals surface area (Å²) in [6.45, 7) is 0.897. The SMILES string of the molecule is COc1ccc(CCn2cncc2CCl)cc1.Cl. The van der Waals surface area contributed by atoms with Crippen molar-refractivity contribution in [2.45, 2.75) is 18.8 Å². The minimum atomic E-state index is 0. The summed E-state index contributed by atoms with van der Waals surface area (Å²) in [7, 11) is 1.67. The number of hydrogen-bond donors (Lipinski definition) is 0. The van der Waals surface area contributed by atoms with Crippen molar-refractivity contribution in [2.75, 3.05) is 7.11 Å². The van der Waals surface area contributed by atoms with Crippen molar-refractivity contribution in [3.63, 3.8) is 0 Å². The molecule has 0 N–H and O–H groups in total. The van der Waals surface area contributed by atoms with E-state index in [2.05, 4.69) is 21.7 Å². The summed E-state index contributed by atoms with van der Waals surface area (Å²) in [4.78, 5) is 4.09. The number of alkyl halides is 1. The molecule has 0 fully saturated rings. The van der Waals surface area contributed by atoms with Crippen LogP contribution in [0.3, 0.4) is 0 Å². The van der Waals surface area contributed by atoms with E-state index in [1.165, 1.54) is 5.56 Å². The number of halogens is 2. The summed E-state index contributed by atoms with van der Waals surface area (Å²) in [6.07, 6.45) is 4.59. The van der Waals surface area contributed by atoms with E-state index in [0.717, 1.165) is 24.4 Å². The van der Waals surface area contributed by atoms with Crippen molar-refractivity contribution in [1.82, 2.24) is 9.55 Å². The number of hydrogen-bond acceptors (Lipinski definition) is 2. The number of imidazole rings is 1. The Morgan fingerprint density at radius 2 is 2.00 bits per heavy atom. The molecule has 18 heavy (non-hydrogen) atoms. The molecule has 0 unspecified atom stereocenters. The normalized spacial score (nSPS) is 9.89. The van der Waals surface area contributed by atoms with E-state index >= 15 is 0 Å². The van der Waals surface area contributed by atoms with Gasteiger partial charge in [0.15, 0.2) is 0 Å². The lowest BCUT2D eigenvalue weighted by atomic mass is 10.1. The molecule has 0 aliphatic rings. The summed E-state index contributed by atoms with van der Waals surface area (Å²) in [5.74, 6) is 1.39. The van der Waals surface area contributed by atoms with E-state index in [-0.39, 0.29) is 12.4 Å². The largest absolute Gasteiger partial charge is 0.497 e. The van der Waals surface area contributed by atoms with Crippen molar-refractivity contribution in [3.05, 3.63) is 48.0 Å². The molecule has 98 valence electrons. The van der Waals surface area contributed by atoms with Crippen LogP contribution in [0.25, 0.3) is 0 Å². The first kappa shape index (κ1) is 14.9. The van der Waals surface area contributed by atoms with E-state index in [4.69, 9.17) is 16.3 Å². The molecular formula is C13H16Cl2N2O. The second-order valence-corrected chi connectivity index (χ2v) is 4.08. The number of nitrogens with zero attached hydrogens (tertiary/aromatic N) is 2. The van der Waals surface area contributed by atoms with Crippen LogP contribution >= 0.6 is 24.0 Å². The summed E-state index contributed by atoms with van der Waals surface area (Å²) < 4.78 is 7.20. The molecule has 2 rings (SSSR count). The van der Waals surface area contributed by atoms with Crippen molar-refractivity contribution < 1.29 is 4.74 Å². The molecule has 0 amide bonds. The van der Waals surface area contributed by atoms with Gasteiger partial charge in [-0.15, -0.1) is 24.0 Å². The fraction of sp³-hybridized carbons (Fsp3) is 0.308. The van der Waals surface area contributed by atoms with Gasteiger partial charge in [0.2, 0.25) is 0 Å². The van der Waals surface area contributed by atoms with Crippen molar-refractivity contribution in [1.29, 1.82) is 0 Å². The summed E-state index contributed by atoms with van der Waals surface area (Å²) in [6, 6.07) is 8.11. The molecule has 1 aromatic heterocycles. The van der Waals surface area contributed by atoms with E-state index in [1.807, 2.05) is 18.5 Å². The van der Waals surface area contributed by atoms with Crippen LogP contribution in [0.1, 0.15) is 11.3 Å². The summed E-state index contributed by atoms with van der Waals surface area (Å²) >= 11 is 5.82. The molecule has 3 nitrogen and oxygen atoms in total. The fourth-order valence-corrected chi connectivity index (χ4v) is 1.93. The number of methoxy groups -OCH3 is 1. The Morgan fingerprint density at radius 3 is 2.61 bits per heavy atom. The molecular weight excluding hydrogens is 271 g/mol. The third-order valence-electron chi connectivity index (χ3n) is 2.74. The lowest BCUT2D eigenvalue weighted by Gasteiger charge is -2.06. The van der Waals surface area contributed by atoms with E-state index in [9.17, 15) is 0 Å². The second kappa shape index (κ2) is 7.29. The Kier molecular flexibility index (Phi) is 6.02. The smallest absolute Gasteiger partial charge is 0.118 e. The summed E-state index contributed by atoms with van der Waals surface area (Å²) in [5, 5.41) is 0.